The normalized spacial score (nSPS) is 33.3. The first-order chi connectivity index (χ1) is 9.04. The molecular weight excluding hydrogens is 244 g/mol. The van der Waals surface area contributed by atoms with Crippen LogP contribution in [0.5, 0.6) is 0 Å². The van der Waals surface area contributed by atoms with Crippen LogP contribution in [0.1, 0.15) is 33.1 Å². The lowest BCUT2D eigenvalue weighted by molar-refractivity contribution is -0.133. The second kappa shape index (κ2) is 5.90. The van der Waals surface area contributed by atoms with Gasteiger partial charge < -0.3 is 15.3 Å². The smallest absolute Gasteiger partial charge is 0.224 e. The summed E-state index contributed by atoms with van der Waals surface area (Å²) in [5, 5.41) is 12.1. The van der Waals surface area contributed by atoms with E-state index < -0.39 is 0 Å². The molecule has 0 radical (unpaired) electrons. The van der Waals surface area contributed by atoms with Gasteiger partial charge in [-0.25, -0.2) is 0 Å². The predicted molar refractivity (Wildman–Crippen MR) is 71.3 cm³/mol. The Labute approximate surface area is 114 Å². The number of aliphatic hydroxyl groups excluding tert-OH is 1. The maximum absolute atomic E-state index is 12.1. The van der Waals surface area contributed by atoms with E-state index in [2.05, 4.69) is 19.2 Å². The molecule has 2 amide bonds. The molecule has 1 aliphatic carbocycles. The van der Waals surface area contributed by atoms with Gasteiger partial charge in [0.05, 0.1) is 12.6 Å². The van der Waals surface area contributed by atoms with Crippen LogP contribution in [0, 0.1) is 17.8 Å². The number of amides is 2. The molecule has 1 aliphatic heterocycles. The Kier molecular flexibility index (Phi) is 4.45. The van der Waals surface area contributed by atoms with E-state index in [-0.39, 0.29) is 30.4 Å². The van der Waals surface area contributed by atoms with Gasteiger partial charge in [-0.15, -0.1) is 0 Å². The third-order valence-electron chi connectivity index (χ3n) is 4.47. The monoisotopic (exact) mass is 268 g/mol. The molecule has 0 aromatic rings. The molecule has 2 fully saturated rings. The molecule has 5 nitrogen and oxygen atoms in total. The van der Waals surface area contributed by atoms with Gasteiger partial charge in [-0.1, -0.05) is 13.8 Å². The van der Waals surface area contributed by atoms with Crippen molar-refractivity contribution in [1.29, 1.82) is 0 Å². The molecule has 2 N–H and O–H groups in total. The molecule has 0 aromatic carbocycles. The lowest BCUT2D eigenvalue weighted by Gasteiger charge is -2.25. The molecule has 5 heteroatoms. The van der Waals surface area contributed by atoms with Crippen molar-refractivity contribution in [2.24, 2.45) is 17.8 Å². The largest absolute Gasteiger partial charge is 0.394 e. The highest BCUT2D eigenvalue weighted by molar-refractivity contribution is 5.82. The molecule has 0 bridgehead atoms. The first-order valence-electron chi connectivity index (χ1n) is 7.22. The molecular formula is C14H24N2O3. The first-order valence-corrected chi connectivity index (χ1v) is 7.22. The lowest BCUT2D eigenvalue weighted by atomic mass is 10.0. The number of hydrogen-bond donors (Lipinski definition) is 2. The maximum Gasteiger partial charge on any atom is 0.224 e. The molecule has 4 unspecified atom stereocenters. The van der Waals surface area contributed by atoms with Gasteiger partial charge in [0, 0.05) is 25.4 Å². The van der Waals surface area contributed by atoms with Crippen LogP contribution >= 0.6 is 0 Å². The average molecular weight is 268 g/mol. The molecule has 0 aromatic heterocycles. The summed E-state index contributed by atoms with van der Waals surface area (Å²) in [5.41, 5.74) is 0. The van der Waals surface area contributed by atoms with Crippen LogP contribution in [0.15, 0.2) is 0 Å². The molecule has 1 saturated heterocycles. The Morgan fingerprint density at radius 3 is 2.58 bits per heavy atom. The first kappa shape index (κ1) is 14.3. The van der Waals surface area contributed by atoms with Crippen LogP contribution in [-0.2, 0) is 9.59 Å². The third-order valence-corrected chi connectivity index (χ3v) is 4.47. The Morgan fingerprint density at radius 2 is 2.00 bits per heavy atom. The summed E-state index contributed by atoms with van der Waals surface area (Å²) in [6.07, 6.45) is 2.25. The Morgan fingerprint density at radius 1 is 1.32 bits per heavy atom. The van der Waals surface area contributed by atoms with Gasteiger partial charge in [-0.2, -0.15) is 0 Å². The summed E-state index contributed by atoms with van der Waals surface area (Å²) in [7, 11) is 0. The summed E-state index contributed by atoms with van der Waals surface area (Å²) in [5.74, 6) is 1.12. The maximum atomic E-state index is 12.1. The van der Waals surface area contributed by atoms with E-state index in [9.17, 15) is 14.7 Å². The lowest BCUT2D eigenvalue weighted by Crippen LogP contribution is -2.41. The van der Waals surface area contributed by atoms with Crippen molar-refractivity contribution >= 4 is 11.8 Å². The highest BCUT2D eigenvalue weighted by Crippen LogP contribution is 2.37. The highest BCUT2D eigenvalue weighted by Gasteiger charge is 2.39. The highest BCUT2D eigenvalue weighted by atomic mass is 16.3. The van der Waals surface area contributed by atoms with E-state index in [1.807, 2.05) is 0 Å². The van der Waals surface area contributed by atoms with Crippen molar-refractivity contribution < 1.29 is 14.7 Å². The Bertz CT molecular complexity index is 359. The molecule has 2 aliphatic rings. The van der Waals surface area contributed by atoms with Crippen molar-refractivity contribution in [2.75, 3.05) is 19.7 Å². The van der Waals surface area contributed by atoms with Crippen molar-refractivity contribution in [3.8, 4) is 0 Å². The SMILES string of the molecule is CC1CC1C(=O)NCCC(=O)N1CCC(C)C1CO. The summed E-state index contributed by atoms with van der Waals surface area (Å²) in [4.78, 5) is 25.4. The zero-order valence-electron chi connectivity index (χ0n) is 11.8. The van der Waals surface area contributed by atoms with Crippen LogP contribution in [0.4, 0.5) is 0 Å². The number of rotatable bonds is 5. The van der Waals surface area contributed by atoms with Crippen LogP contribution < -0.4 is 5.32 Å². The summed E-state index contributed by atoms with van der Waals surface area (Å²) in [6.45, 7) is 5.28. The van der Waals surface area contributed by atoms with Gasteiger partial charge >= 0.3 is 0 Å². The molecule has 4 atom stereocenters. The molecule has 2 rings (SSSR count). The minimum atomic E-state index is -0.0494. The molecule has 19 heavy (non-hydrogen) atoms. The Balaban J connectivity index is 1.71. The second-order valence-electron chi connectivity index (χ2n) is 5.96. The molecule has 1 heterocycles. The van der Waals surface area contributed by atoms with Crippen LogP contribution in [0.3, 0.4) is 0 Å². The second-order valence-corrected chi connectivity index (χ2v) is 5.96. The number of hydrogen-bond acceptors (Lipinski definition) is 3. The van der Waals surface area contributed by atoms with Gasteiger partial charge in [0.1, 0.15) is 0 Å². The van der Waals surface area contributed by atoms with Crippen LogP contribution in [0.25, 0.3) is 0 Å². The summed E-state index contributed by atoms with van der Waals surface area (Å²) >= 11 is 0. The molecule has 0 spiro atoms. The minimum Gasteiger partial charge on any atom is -0.394 e. The third kappa shape index (κ3) is 3.26. The van der Waals surface area contributed by atoms with Gasteiger partial charge in [0.25, 0.3) is 0 Å². The number of carbonyl (C=O) groups excluding carboxylic acids is 2. The van der Waals surface area contributed by atoms with Crippen molar-refractivity contribution in [1.82, 2.24) is 10.2 Å². The van der Waals surface area contributed by atoms with Gasteiger partial charge in [-0.05, 0) is 24.7 Å². The van der Waals surface area contributed by atoms with Crippen molar-refractivity contribution in [2.45, 2.75) is 39.2 Å². The zero-order valence-corrected chi connectivity index (χ0v) is 11.8. The fraction of sp³-hybridized carbons (Fsp3) is 0.857. The number of aliphatic hydroxyl groups is 1. The summed E-state index contributed by atoms with van der Waals surface area (Å²) < 4.78 is 0. The van der Waals surface area contributed by atoms with E-state index in [0.29, 0.717) is 24.8 Å². The van der Waals surface area contributed by atoms with Gasteiger partial charge in [0.2, 0.25) is 11.8 Å². The molecule has 1 saturated carbocycles. The topological polar surface area (TPSA) is 69.6 Å². The fourth-order valence-corrected chi connectivity index (χ4v) is 2.85. The number of likely N-dealkylation sites (tertiary alicyclic amines) is 1. The van der Waals surface area contributed by atoms with E-state index in [0.717, 1.165) is 19.4 Å². The van der Waals surface area contributed by atoms with Crippen LogP contribution in [0.2, 0.25) is 0 Å². The van der Waals surface area contributed by atoms with E-state index in [1.165, 1.54) is 0 Å². The Hall–Kier alpha value is -1.10. The summed E-state index contributed by atoms with van der Waals surface area (Å²) in [6, 6.07) is -0.0494. The number of nitrogens with one attached hydrogen (secondary N) is 1. The van der Waals surface area contributed by atoms with Crippen molar-refractivity contribution in [3.63, 3.8) is 0 Å². The quantitative estimate of drug-likeness (QED) is 0.757. The van der Waals surface area contributed by atoms with E-state index in [4.69, 9.17) is 0 Å². The van der Waals surface area contributed by atoms with Crippen molar-refractivity contribution in [3.05, 3.63) is 0 Å². The van der Waals surface area contributed by atoms with E-state index >= 15 is 0 Å². The molecule has 108 valence electrons. The minimum absolute atomic E-state index is 0.0266. The number of nitrogens with zero attached hydrogens (tertiary/aromatic N) is 1. The van der Waals surface area contributed by atoms with Crippen LogP contribution in [-0.4, -0.2) is 47.6 Å². The number of carbonyl (C=O) groups is 2. The van der Waals surface area contributed by atoms with Gasteiger partial charge in [-0.3, -0.25) is 9.59 Å². The van der Waals surface area contributed by atoms with E-state index in [1.54, 1.807) is 4.90 Å². The average Bonchev–Trinajstić information content (AvgIpc) is 2.98. The zero-order chi connectivity index (χ0) is 14.0. The van der Waals surface area contributed by atoms with Gasteiger partial charge in [0.15, 0.2) is 0 Å². The standard InChI is InChI=1S/C14H24N2O3/c1-9-4-6-16(12(9)8-17)13(18)3-5-15-14(19)11-7-10(11)2/h9-12,17H,3-8H2,1-2H3,(H,15,19). The fourth-order valence-electron chi connectivity index (χ4n) is 2.85. The predicted octanol–water partition coefficient (Wildman–Crippen LogP) is 0.378.